The van der Waals surface area contributed by atoms with E-state index in [0.29, 0.717) is 13.0 Å². The molecular formula is C17H28N2O2. The van der Waals surface area contributed by atoms with E-state index >= 15 is 0 Å². The van der Waals surface area contributed by atoms with Gasteiger partial charge in [0, 0.05) is 31.6 Å². The molecule has 1 aromatic rings. The zero-order valence-corrected chi connectivity index (χ0v) is 13.8. The number of likely N-dealkylation sites (N-methyl/N-ethyl adjacent to an activating group) is 1. The van der Waals surface area contributed by atoms with E-state index in [1.807, 2.05) is 20.9 Å². The average molecular weight is 292 g/mol. The summed E-state index contributed by atoms with van der Waals surface area (Å²) in [6, 6.07) is 0. The third-order valence-electron chi connectivity index (χ3n) is 4.14. The molecule has 118 valence electrons. The molecule has 0 spiro atoms. The summed E-state index contributed by atoms with van der Waals surface area (Å²) in [6.45, 7) is 8.81. The van der Waals surface area contributed by atoms with Crippen molar-refractivity contribution in [2.24, 2.45) is 0 Å². The molecule has 0 aliphatic rings. The van der Waals surface area contributed by atoms with Crippen LogP contribution in [0.5, 0.6) is 0 Å². The number of aliphatic hydroxyl groups excluding tert-OH is 2. The van der Waals surface area contributed by atoms with Gasteiger partial charge in [0.1, 0.15) is 0 Å². The van der Waals surface area contributed by atoms with Crippen molar-refractivity contribution in [3.05, 3.63) is 34.4 Å². The van der Waals surface area contributed by atoms with Gasteiger partial charge in [-0.2, -0.15) is 0 Å². The second-order valence-electron chi connectivity index (χ2n) is 5.65. The quantitative estimate of drug-likeness (QED) is 0.555. The van der Waals surface area contributed by atoms with Crippen molar-refractivity contribution in [3.8, 4) is 0 Å². The number of rotatable bonds is 6. The Morgan fingerprint density at radius 1 is 1.10 bits per heavy atom. The van der Waals surface area contributed by atoms with E-state index in [1.165, 1.54) is 0 Å². The minimum absolute atomic E-state index is 0.105. The van der Waals surface area contributed by atoms with Crippen molar-refractivity contribution in [1.29, 1.82) is 0 Å². The van der Waals surface area contributed by atoms with Gasteiger partial charge < -0.3 is 20.8 Å². The molecule has 0 heterocycles. The summed E-state index contributed by atoms with van der Waals surface area (Å²) in [7, 11) is 1.98. The number of benzene rings is 1. The van der Waals surface area contributed by atoms with Gasteiger partial charge in [-0.3, -0.25) is 0 Å². The lowest BCUT2D eigenvalue weighted by Gasteiger charge is -2.28. The van der Waals surface area contributed by atoms with Crippen molar-refractivity contribution in [1.82, 2.24) is 0 Å². The molecule has 1 aromatic carbocycles. The fourth-order valence-electron chi connectivity index (χ4n) is 2.65. The SMILES string of the molecule is Cc1c(C)c(N(C)CC(O)/C=C/CCO)c(C)c(C)c1N. The maximum atomic E-state index is 10.0. The number of nitrogens with two attached hydrogens (primary N) is 1. The predicted octanol–water partition coefficient (Wildman–Crippen LogP) is 2.24. The molecule has 0 radical (unpaired) electrons. The van der Waals surface area contributed by atoms with Gasteiger partial charge in [-0.1, -0.05) is 12.2 Å². The van der Waals surface area contributed by atoms with Gasteiger partial charge >= 0.3 is 0 Å². The molecule has 4 heteroatoms. The highest BCUT2D eigenvalue weighted by Crippen LogP contribution is 2.34. The predicted molar refractivity (Wildman–Crippen MR) is 89.9 cm³/mol. The monoisotopic (exact) mass is 292 g/mol. The van der Waals surface area contributed by atoms with Crippen molar-refractivity contribution in [3.63, 3.8) is 0 Å². The molecular weight excluding hydrogens is 264 g/mol. The van der Waals surface area contributed by atoms with Crippen LogP contribution in [-0.2, 0) is 0 Å². The number of hydrogen-bond acceptors (Lipinski definition) is 4. The normalized spacial score (nSPS) is 12.9. The van der Waals surface area contributed by atoms with E-state index in [1.54, 1.807) is 12.2 Å². The second kappa shape index (κ2) is 7.48. The fraction of sp³-hybridized carbons (Fsp3) is 0.529. The van der Waals surface area contributed by atoms with Gasteiger partial charge in [-0.25, -0.2) is 0 Å². The summed E-state index contributed by atoms with van der Waals surface area (Å²) in [5.74, 6) is 0. The Labute approximate surface area is 127 Å². The van der Waals surface area contributed by atoms with Gasteiger partial charge in [-0.05, 0) is 56.4 Å². The summed E-state index contributed by atoms with van der Waals surface area (Å²) < 4.78 is 0. The molecule has 0 aliphatic heterocycles. The van der Waals surface area contributed by atoms with E-state index < -0.39 is 6.10 Å². The number of anilines is 2. The molecule has 1 unspecified atom stereocenters. The maximum Gasteiger partial charge on any atom is 0.0895 e. The van der Waals surface area contributed by atoms with E-state index in [4.69, 9.17) is 10.8 Å². The van der Waals surface area contributed by atoms with Crippen LogP contribution >= 0.6 is 0 Å². The van der Waals surface area contributed by atoms with Crippen LogP contribution in [0.3, 0.4) is 0 Å². The Morgan fingerprint density at radius 3 is 2.10 bits per heavy atom. The van der Waals surface area contributed by atoms with Crippen molar-refractivity contribution < 1.29 is 10.2 Å². The van der Waals surface area contributed by atoms with Crippen LogP contribution in [0.4, 0.5) is 11.4 Å². The molecule has 1 atom stereocenters. The van der Waals surface area contributed by atoms with E-state index in [0.717, 1.165) is 33.6 Å². The standard InChI is InChI=1S/C17H28N2O2/c1-11-13(3)17(14(4)12(2)16(11)18)19(5)10-15(21)8-6-7-9-20/h6,8,15,20-21H,7,9-10,18H2,1-5H3/b8-6+. The van der Waals surface area contributed by atoms with Crippen LogP contribution in [0.1, 0.15) is 28.7 Å². The van der Waals surface area contributed by atoms with Crippen LogP contribution in [-0.4, -0.2) is 36.5 Å². The Morgan fingerprint density at radius 2 is 1.62 bits per heavy atom. The molecule has 0 saturated heterocycles. The Bertz CT molecular complexity index is 495. The summed E-state index contributed by atoms with van der Waals surface area (Å²) in [5, 5.41) is 18.8. The largest absolute Gasteiger partial charge is 0.398 e. The first-order valence-electron chi connectivity index (χ1n) is 7.33. The second-order valence-corrected chi connectivity index (χ2v) is 5.65. The van der Waals surface area contributed by atoms with E-state index in [9.17, 15) is 5.11 Å². The zero-order valence-electron chi connectivity index (χ0n) is 13.8. The molecule has 4 N–H and O–H groups in total. The molecule has 1 rings (SSSR count). The van der Waals surface area contributed by atoms with Gasteiger partial charge in [0.05, 0.1) is 6.10 Å². The fourth-order valence-corrected chi connectivity index (χ4v) is 2.65. The van der Waals surface area contributed by atoms with Gasteiger partial charge in [0.25, 0.3) is 0 Å². The summed E-state index contributed by atoms with van der Waals surface area (Å²) in [5.41, 5.74) is 12.6. The zero-order chi connectivity index (χ0) is 16.2. The number of aliphatic hydroxyl groups is 2. The number of nitrogens with zero attached hydrogens (tertiary/aromatic N) is 1. The van der Waals surface area contributed by atoms with Crippen LogP contribution in [0, 0.1) is 27.7 Å². The molecule has 0 saturated carbocycles. The molecule has 0 aliphatic carbocycles. The minimum atomic E-state index is -0.557. The van der Waals surface area contributed by atoms with E-state index in [-0.39, 0.29) is 6.61 Å². The lowest BCUT2D eigenvalue weighted by molar-refractivity contribution is 0.228. The van der Waals surface area contributed by atoms with Crippen molar-refractivity contribution in [2.45, 2.75) is 40.2 Å². The minimum Gasteiger partial charge on any atom is -0.398 e. The third kappa shape index (κ3) is 3.99. The summed E-state index contributed by atoms with van der Waals surface area (Å²) >= 11 is 0. The number of nitrogen functional groups attached to an aromatic ring is 1. The summed E-state index contributed by atoms with van der Waals surface area (Å²) in [4.78, 5) is 2.07. The molecule has 0 amide bonds. The van der Waals surface area contributed by atoms with Crippen LogP contribution < -0.4 is 10.6 Å². The lowest BCUT2D eigenvalue weighted by Crippen LogP contribution is -2.29. The van der Waals surface area contributed by atoms with Gasteiger partial charge in [0.15, 0.2) is 0 Å². The lowest BCUT2D eigenvalue weighted by atomic mass is 9.95. The van der Waals surface area contributed by atoms with Gasteiger partial charge in [-0.15, -0.1) is 0 Å². The summed E-state index contributed by atoms with van der Waals surface area (Å²) in [6.07, 6.45) is 3.55. The average Bonchev–Trinajstić information content (AvgIpc) is 2.43. The highest BCUT2D eigenvalue weighted by atomic mass is 16.3. The maximum absolute atomic E-state index is 10.0. The molecule has 0 aromatic heterocycles. The van der Waals surface area contributed by atoms with E-state index in [2.05, 4.69) is 18.7 Å². The molecule has 0 fully saturated rings. The van der Waals surface area contributed by atoms with Crippen molar-refractivity contribution in [2.75, 3.05) is 30.8 Å². The topological polar surface area (TPSA) is 69.7 Å². The first-order valence-corrected chi connectivity index (χ1v) is 7.33. The van der Waals surface area contributed by atoms with Crippen LogP contribution in [0.25, 0.3) is 0 Å². The van der Waals surface area contributed by atoms with Crippen molar-refractivity contribution >= 4 is 11.4 Å². The molecule has 21 heavy (non-hydrogen) atoms. The highest BCUT2D eigenvalue weighted by molar-refractivity contribution is 5.72. The number of hydrogen-bond donors (Lipinski definition) is 3. The first-order chi connectivity index (χ1) is 9.81. The first kappa shape index (κ1) is 17.5. The van der Waals surface area contributed by atoms with Crippen LogP contribution in [0.2, 0.25) is 0 Å². The van der Waals surface area contributed by atoms with Gasteiger partial charge in [0.2, 0.25) is 0 Å². The Balaban J connectivity index is 3.00. The highest BCUT2D eigenvalue weighted by Gasteiger charge is 2.17. The Hall–Kier alpha value is -1.52. The van der Waals surface area contributed by atoms with Crippen LogP contribution in [0.15, 0.2) is 12.2 Å². The smallest absolute Gasteiger partial charge is 0.0895 e. The third-order valence-corrected chi connectivity index (χ3v) is 4.14. The molecule has 4 nitrogen and oxygen atoms in total. The Kier molecular flexibility index (Phi) is 6.24. The molecule has 0 bridgehead atoms.